The van der Waals surface area contributed by atoms with Gasteiger partial charge in [-0.25, -0.2) is 12.8 Å². The Kier molecular flexibility index (Phi) is 7.42. The van der Waals surface area contributed by atoms with Crippen molar-refractivity contribution in [2.45, 2.75) is 11.3 Å². The summed E-state index contributed by atoms with van der Waals surface area (Å²) in [6.07, 6.45) is 0.276. The zero-order chi connectivity index (χ0) is 19.2. The van der Waals surface area contributed by atoms with Gasteiger partial charge in [-0.3, -0.25) is 9.59 Å². The molecular weight excluding hydrogens is 383 g/mol. The zero-order valence-electron chi connectivity index (χ0n) is 14.4. The topological polar surface area (TPSA) is 84.0 Å². The highest BCUT2D eigenvalue weighted by molar-refractivity contribution is 7.99. The Morgan fingerprint density at radius 3 is 2.54 bits per heavy atom. The molecule has 0 radical (unpaired) electrons. The molecule has 7 nitrogen and oxygen atoms in total. The molecule has 1 amide bonds. The van der Waals surface area contributed by atoms with Crippen molar-refractivity contribution in [3.63, 3.8) is 0 Å². The number of piperazine rings is 1. The van der Waals surface area contributed by atoms with Crippen LogP contribution in [0.15, 0.2) is 29.2 Å². The van der Waals surface area contributed by atoms with Crippen LogP contribution >= 0.6 is 11.8 Å². The number of methoxy groups -OCH3 is 1. The van der Waals surface area contributed by atoms with Crippen LogP contribution < -0.4 is 0 Å². The maximum absolute atomic E-state index is 13.3. The molecule has 1 aliphatic heterocycles. The van der Waals surface area contributed by atoms with Gasteiger partial charge in [0.05, 0.1) is 17.8 Å². The fraction of sp³-hybridized carbons (Fsp3) is 0.500. The summed E-state index contributed by atoms with van der Waals surface area (Å²) in [4.78, 5) is 24.7. The fourth-order valence-electron chi connectivity index (χ4n) is 2.49. The number of rotatable bonds is 7. The number of sulfonamides is 1. The molecular formula is C16H21FN2O5S2. The molecule has 2 rings (SSSR count). The molecule has 1 aromatic carbocycles. The molecule has 1 fully saturated rings. The van der Waals surface area contributed by atoms with Crippen molar-refractivity contribution in [3.8, 4) is 0 Å². The van der Waals surface area contributed by atoms with Gasteiger partial charge in [-0.2, -0.15) is 4.31 Å². The van der Waals surface area contributed by atoms with E-state index in [1.54, 1.807) is 4.90 Å². The second-order valence-electron chi connectivity index (χ2n) is 5.62. The first-order chi connectivity index (χ1) is 12.3. The van der Waals surface area contributed by atoms with Crippen LogP contribution in [0.4, 0.5) is 4.39 Å². The van der Waals surface area contributed by atoms with Crippen LogP contribution in [0.1, 0.15) is 6.42 Å². The van der Waals surface area contributed by atoms with Crippen LogP contribution in [0.3, 0.4) is 0 Å². The van der Waals surface area contributed by atoms with Crippen molar-refractivity contribution in [1.82, 2.24) is 9.21 Å². The summed E-state index contributed by atoms with van der Waals surface area (Å²) in [5.74, 6) is -0.327. The van der Waals surface area contributed by atoms with E-state index in [1.807, 2.05) is 0 Å². The second-order valence-corrected chi connectivity index (χ2v) is 8.66. The number of amides is 1. The number of esters is 1. The van der Waals surface area contributed by atoms with Gasteiger partial charge in [-0.05, 0) is 18.2 Å². The van der Waals surface area contributed by atoms with Crippen LogP contribution in [0.2, 0.25) is 0 Å². The Labute approximate surface area is 156 Å². The fourth-order valence-corrected chi connectivity index (χ4v) is 4.69. The highest BCUT2D eigenvalue weighted by Gasteiger charge is 2.30. The van der Waals surface area contributed by atoms with Gasteiger partial charge in [0.1, 0.15) is 5.82 Å². The molecule has 1 saturated heterocycles. The summed E-state index contributed by atoms with van der Waals surface area (Å²) in [7, 11) is -2.46. The van der Waals surface area contributed by atoms with E-state index < -0.39 is 15.8 Å². The smallest absolute Gasteiger partial charge is 0.315 e. The third-order valence-electron chi connectivity index (χ3n) is 3.93. The summed E-state index contributed by atoms with van der Waals surface area (Å²) < 4.78 is 44.1. The first-order valence-corrected chi connectivity index (χ1v) is 10.6. The molecule has 0 unspecified atom stereocenters. The van der Waals surface area contributed by atoms with Crippen molar-refractivity contribution in [2.75, 3.05) is 44.8 Å². The lowest BCUT2D eigenvalue weighted by Gasteiger charge is -2.34. The van der Waals surface area contributed by atoms with Crippen LogP contribution in [0, 0.1) is 5.82 Å². The molecule has 144 valence electrons. The molecule has 0 aliphatic carbocycles. The first-order valence-electron chi connectivity index (χ1n) is 8.02. The minimum Gasteiger partial charge on any atom is -0.468 e. The van der Waals surface area contributed by atoms with E-state index in [4.69, 9.17) is 0 Å². The van der Waals surface area contributed by atoms with E-state index in [0.29, 0.717) is 5.75 Å². The van der Waals surface area contributed by atoms with Gasteiger partial charge in [0.15, 0.2) is 0 Å². The van der Waals surface area contributed by atoms with Gasteiger partial charge in [0, 0.05) is 38.4 Å². The molecule has 0 aromatic heterocycles. The highest BCUT2D eigenvalue weighted by atomic mass is 32.2. The summed E-state index contributed by atoms with van der Waals surface area (Å²) in [5.41, 5.74) is 0. The standard InChI is InChI=1S/C16H21FN2O5S2/c1-24-16(21)12-25-10-5-15(20)18-6-8-19(9-7-18)26(22,23)14-4-2-3-13(17)11-14/h2-4,11H,5-10,12H2,1H3. The Morgan fingerprint density at radius 1 is 1.23 bits per heavy atom. The van der Waals surface area contributed by atoms with E-state index in [1.165, 1.54) is 41.4 Å². The number of nitrogens with zero attached hydrogens (tertiary/aromatic N) is 2. The number of hydrogen-bond acceptors (Lipinski definition) is 6. The summed E-state index contributed by atoms with van der Waals surface area (Å²) in [5, 5.41) is 0. The predicted octanol–water partition coefficient (Wildman–Crippen LogP) is 0.955. The number of benzene rings is 1. The minimum atomic E-state index is -3.77. The van der Waals surface area contributed by atoms with Crippen LogP contribution in [0.5, 0.6) is 0 Å². The predicted molar refractivity (Wildman–Crippen MR) is 95.7 cm³/mol. The van der Waals surface area contributed by atoms with Gasteiger partial charge in [-0.1, -0.05) is 6.07 Å². The van der Waals surface area contributed by atoms with Gasteiger partial charge < -0.3 is 9.64 Å². The third-order valence-corrected chi connectivity index (χ3v) is 6.76. The van der Waals surface area contributed by atoms with Gasteiger partial charge in [0.25, 0.3) is 0 Å². The van der Waals surface area contributed by atoms with Crippen LogP contribution in [0.25, 0.3) is 0 Å². The maximum Gasteiger partial charge on any atom is 0.315 e. The average Bonchev–Trinajstić information content (AvgIpc) is 2.65. The average molecular weight is 404 g/mol. The molecule has 10 heteroatoms. The molecule has 0 atom stereocenters. The monoisotopic (exact) mass is 404 g/mol. The number of thioether (sulfide) groups is 1. The molecule has 26 heavy (non-hydrogen) atoms. The van der Waals surface area contributed by atoms with Crippen LogP contribution in [-0.2, 0) is 24.3 Å². The minimum absolute atomic E-state index is 0.0785. The lowest BCUT2D eigenvalue weighted by Crippen LogP contribution is -2.50. The van der Waals surface area contributed by atoms with E-state index in [0.717, 1.165) is 6.07 Å². The third kappa shape index (κ3) is 5.42. The number of carbonyl (C=O) groups is 2. The number of halogens is 1. The maximum atomic E-state index is 13.3. The summed E-state index contributed by atoms with van der Waals surface area (Å²) in [6, 6.07) is 4.89. The van der Waals surface area contributed by atoms with Gasteiger partial charge in [-0.15, -0.1) is 11.8 Å². The van der Waals surface area contributed by atoms with E-state index in [9.17, 15) is 22.4 Å². The van der Waals surface area contributed by atoms with Gasteiger partial charge >= 0.3 is 5.97 Å². The largest absolute Gasteiger partial charge is 0.468 e. The van der Waals surface area contributed by atoms with Crippen LogP contribution in [-0.4, -0.2) is 74.3 Å². The SMILES string of the molecule is COC(=O)CSCCC(=O)N1CCN(S(=O)(=O)c2cccc(F)c2)CC1. The van der Waals surface area contributed by atoms with Crippen molar-refractivity contribution in [2.24, 2.45) is 0 Å². The molecule has 1 heterocycles. The Bertz CT molecular complexity index is 749. The zero-order valence-corrected chi connectivity index (χ0v) is 16.0. The highest BCUT2D eigenvalue weighted by Crippen LogP contribution is 2.19. The molecule has 0 spiro atoms. The lowest BCUT2D eigenvalue weighted by molar-refractivity contribution is -0.137. The second kappa shape index (κ2) is 9.33. The Morgan fingerprint density at radius 2 is 1.92 bits per heavy atom. The summed E-state index contributed by atoms with van der Waals surface area (Å²) >= 11 is 1.32. The Hall–Kier alpha value is -1.65. The quantitative estimate of drug-likeness (QED) is 0.497. The van der Waals surface area contributed by atoms with Crippen molar-refractivity contribution in [3.05, 3.63) is 30.1 Å². The van der Waals surface area contributed by atoms with E-state index in [2.05, 4.69) is 4.74 Å². The van der Waals surface area contributed by atoms with Crippen molar-refractivity contribution < 1.29 is 27.1 Å². The Balaban J connectivity index is 1.83. The number of hydrogen-bond donors (Lipinski definition) is 0. The van der Waals surface area contributed by atoms with Gasteiger partial charge in [0.2, 0.25) is 15.9 Å². The molecule has 1 aromatic rings. The normalized spacial score (nSPS) is 15.7. The first kappa shape index (κ1) is 20.7. The molecule has 0 bridgehead atoms. The number of ether oxygens (including phenoxy) is 1. The van der Waals surface area contributed by atoms with E-state index in [-0.39, 0.29) is 55.1 Å². The summed E-state index contributed by atoms with van der Waals surface area (Å²) in [6.45, 7) is 0.907. The number of carbonyl (C=O) groups excluding carboxylic acids is 2. The van der Waals surface area contributed by atoms with Crippen molar-refractivity contribution >= 4 is 33.7 Å². The lowest BCUT2D eigenvalue weighted by atomic mass is 10.3. The molecule has 1 aliphatic rings. The molecule has 0 N–H and O–H groups in total. The van der Waals surface area contributed by atoms with Crippen molar-refractivity contribution in [1.29, 1.82) is 0 Å². The van der Waals surface area contributed by atoms with E-state index >= 15 is 0 Å². The molecule has 0 saturated carbocycles.